The molecule has 0 aliphatic heterocycles. The summed E-state index contributed by atoms with van der Waals surface area (Å²) < 4.78 is 1.79. The molecule has 3 aromatic heterocycles. The van der Waals surface area contributed by atoms with Crippen LogP contribution in [0.3, 0.4) is 0 Å². The van der Waals surface area contributed by atoms with Gasteiger partial charge in [0.2, 0.25) is 0 Å². The van der Waals surface area contributed by atoms with Crippen LogP contribution in [-0.2, 0) is 0 Å². The molecule has 0 bridgehead atoms. The summed E-state index contributed by atoms with van der Waals surface area (Å²) in [4.78, 5) is 11.7. The number of nitrogens with zero attached hydrogens (tertiary/aromatic N) is 5. The molecule has 7 nitrogen and oxygen atoms in total. The molecule has 0 aliphatic carbocycles. The number of aromatic amines is 1. The lowest BCUT2D eigenvalue weighted by molar-refractivity contribution is 0.532. The Morgan fingerprint density at radius 1 is 1.28 bits per heavy atom. The topological polar surface area (TPSA) is 109 Å². The van der Waals surface area contributed by atoms with Crippen molar-refractivity contribution in [2.75, 3.05) is 5.73 Å². The van der Waals surface area contributed by atoms with E-state index in [-0.39, 0.29) is 6.04 Å². The first-order valence-electron chi connectivity index (χ1n) is 7.81. The number of aromatic nitrogens is 5. The highest BCUT2D eigenvalue weighted by Gasteiger charge is 2.17. The molecule has 4 rings (SSSR count). The van der Waals surface area contributed by atoms with Crippen LogP contribution >= 0.6 is 0 Å². The Kier molecular flexibility index (Phi) is 3.63. The van der Waals surface area contributed by atoms with E-state index in [2.05, 4.69) is 26.1 Å². The average Bonchev–Trinajstić information content (AvgIpc) is 3.28. The largest absolute Gasteiger partial charge is 0.399 e. The van der Waals surface area contributed by atoms with Gasteiger partial charge >= 0.3 is 0 Å². The van der Waals surface area contributed by atoms with Gasteiger partial charge in [-0.2, -0.15) is 10.4 Å². The van der Waals surface area contributed by atoms with Gasteiger partial charge in [0.05, 0.1) is 30.4 Å². The molecular weight excluding hydrogens is 314 g/mol. The number of nitriles is 1. The Hall–Kier alpha value is -3.66. The van der Waals surface area contributed by atoms with Crippen LogP contribution in [-0.4, -0.2) is 24.7 Å². The maximum absolute atomic E-state index is 9.22. The van der Waals surface area contributed by atoms with E-state index >= 15 is 0 Å². The average molecular weight is 329 g/mol. The van der Waals surface area contributed by atoms with Crippen molar-refractivity contribution in [1.82, 2.24) is 24.7 Å². The van der Waals surface area contributed by atoms with Crippen molar-refractivity contribution in [3.8, 4) is 17.3 Å². The Morgan fingerprint density at radius 3 is 3.04 bits per heavy atom. The van der Waals surface area contributed by atoms with E-state index in [1.54, 1.807) is 10.9 Å². The third-order valence-electron chi connectivity index (χ3n) is 4.13. The maximum Gasteiger partial charge on any atom is 0.141 e. The molecule has 0 amide bonds. The molecule has 0 spiro atoms. The van der Waals surface area contributed by atoms with Crippen molar-refractivity contribution in [2.24, 2.45) is 0 Å². The third kappa shape index (κ3) is 2.70. The highest BCUT2D eigenvalue weighted by atomic mass is 15.3. The van der Waals surface area contributed by atoms with Gasteiger partial charge in [-0.05, 0) is 23.8 Å². The fourth-order valence-corrected chi connectivity index (χ4v) is 2.95. The van der Waals surface area contributed by atoms with E-state index in [0.29, 0.717) is 12.1 Å². The highest BCUT2D eigenvalue weighted by Crippen LogP contribution is 2.28. The van der Waals surface area contributed by atoms with E-state index in [1.807, 2.05) is 42.7 Å². The van der Waals surface area contributed by atoms with Gasteiger partial charge in [-0.1, -0.05) is 12.1 Å². The Labute approximate surface area is 143 Å². The molecule has 1 unspecified atom stereocenters. The molecule has 7 heteroatoms. The minimum absolute atomic E-state index is 0.203. The number of hydrogen-bond acceptors (Lipinski definition) is 5. The number of nitrogen functional groups attached to an aromatic ring is 1. The predicted molar refractivity (Wildman–Crippen MR) is 94.3 cm³/mol. The number of benzene rings is 1. The zero-order valence-electron chi connectivity index (χ0n) is 13.3. The Balaban J connectivity index is 1.76. The Bertz CT molecular complexity index is 1070. The highest BCUT2D eigenvalue weighted by molar-refractivity contribution is 5.89. The van der Waals surface area contributed by atoms with Gasteiger partial charge < -0.3 is 10.7 Å². The molecule has 3 heterocycles. The van der Waals surface area contributed by atoms with Gasteiger partial charge in [-0.3, -0.25) is 4.68 Å². The third-order valence-corrected chi connectivity index (χ3v) is 4.13. The van der Waals surface area contributed by atoms with Gasteiger partial charge in [0, 0.05) is 29.0 Å². The molecule has 0 fully saturated rings. The molecule has 0 saturated heterocycles. The second kappa shape index (κ2) is 6.09. The molecule has 1 aromatic carbocycles. The van der Waals surface area contributed by atoms with Gasteiger partial charge in [-0.25, -0.2) is 9.97 Å². The van der Waals surface area contributed by atoms with Crippen molar-refractivity contribution in [3.05, 3.63) is 60.8 Å². The van der Waals surface area contributed by atoms with Crippen LogP contribution in [0.25, 0.3) is 22.3 Å². The van der Waals surface area contributed by atoms with Gasteiger partial charge in [-0.15, -0.1) is 0 Å². The minimum atomic E-state index is -0.203. The molecule has 122 valence electrons. The fourth-order valence-electron chi connectivity index (χ4n) is 2.95. The van der Waals surface area contributed by atoms with Crippen LogP contribution in [0.2, 0.25) is 0 Å². The summed E-state index contributed by atoms with van der Waals surface area (Å²) in [7, 11) is 0. The SMILES string of the molecule is N#CCC(c1cccc(N)c1)n1cc(-c2ncnc3[nH]ccc23)cn1. The molecule has 25 heavy (non-hydrogen) atoms. The van der Waals surface area contributed by atoms with Crippen molar-refractivity contribution < 1.29 is 0 Å². The van der Waals surface area contributed by atoms with Crippen LogP contribution < -0.4 is 5.73 Å². The first-order chi connectivity index (χ1) is 12.3. The minimum Gasteiger partial charge on any atom is -0.399 e. The zero-order chi connectivity index (χ0) is 17.2. The van der Waals surface area contributed by atoms with Gasteiger partial charge in [0.15, 0.2) is 0 Å². The van der Waals surface area contributed by atoms with Crippen molar-refractivity contribution in [1.29, 1.82) is 5.26 Å². The smallest absolute Gasteiger partial charge is 0.141 e. The maximum atomic E-state index is 9.22. The van der Waals surface area contributed by atoms with Gasteiger partial charge in [0.25, 0.3) is 0 Å². The summed E-state index contributed by atoms with van der Waals surface area (Å²) in [6, 6.07) is 11.5. The van der Waals surface area contributed by atoms with Crippen LogP contribution in [0.1, 0.15) is 18.0 Å². The fraction of sp³-hybridized carbons (Fsp3) is 0.111. The summed E-state index contributed by atoms with van der Waals surface area (Å²) >= 11 is 0. The molecule has 1 atom stereocenters. The molecule has 4 aromatic rings. The summed E-state index contributed by atoms with van der Waals surface area (Å²) in [5, 5.41) is 14.6. The summed E-state index contributed by atoms with van der Waals surface area (Å²) in [5.74, 6) is 0. The van der Waals surface area contributed by atoms with Crippen molar-refractivity contribution in [2.45, 2.75) is 12.5 Å². The first-order valence-corrected chi connectivity index (χ1v) is 7.81. The van der Waals surface area contributed by atoms with E-state index in [9.17, 15) is 5.26 Å². The monoisotopic (exact) mass is 329 g/mol. The number of nitrogens with two attached hydrogens (primary N) is 1. The van der Waals surface area contributed by atoms with Crippen LogP contribution in [0.15, 0.2) is 55.2 Å². The van der Waals surface area contributed by atoms with Crippen molar-refractivity contribution >= 4 is 16.7 Å². The lowest BCUT2D eigenvalue weighted by Crippen LogP contribution is -2.11. The summed E-state index contributed by atoms with van der Waals surface area (Å²) in [6.45, 7) is 0. The molecule has 0 radical (unpaired) electrons. The number of H-pyrrole nitrogens is 1. The lowest BCUT2D eigenvalue weighted by Gasteiger charge is -2.15. The standard InChI is InChI=1S/C18H15N7/c19-6-4-16(12-2-1-3-14(20)8-12)25-10-13(9-24-25)17-15-5-7-21-18(15)23-11-22-17/h1-3,5,7-11,16H,4,20H2,(H,21,22,23). The Morgan fingerprint density at radius 2 is 2.20 bits per heavy atom. The van der Waals surface area contributed by atoms with E-state index in [4.69, 9.17) is 5.73 Å². The van der Waals surface area contributed by atoms with Crippen molar-refractivity contribution in [3.63, 3.8) is 0 Å². The second-order valence-electron chi connectivity index (χ2n) is 5.72. The first kappa shape index (κ1) is 14.9. The van der Waals surface area contributed by atoms with Crippen LogP contribution in [0.4, 0.5) is 5.69 Å². The molecule has 3 N–H and O–H groups in total. The molecular formula is C18H15N7. The van der Waals surface area contributed by atoms with E-state index in [0.717, 1.165) is 27.9 Å². The number of rotatable bonds is 4. The zero-order valence-corrected chi connectivity index (χ0v) is 13.3. The number of fused-ring (bicyclic) bond motifs is 1. The molecule has 0 aliphatic rings. The lowest BCUT2D eigenvalue weighted by atomic mass is 10.0. The van der Waals surface area contributed by atoms with E-state index < -0.39 is 0 Å². The summed E-state index contributed by atoms with van der Waals surface area (Å²) in [5.41, 5.74) is 9.96. The van der Waals surface area contributed by atoms with Crippen LogP contribution in [0.5, 0.6) is 0 Å². The summed E-state index contributed by atoms with van der Waals surface area (Å²) in [6.07, 6.45) is 7.31. The van der Waals surface area contributed by atoms with Crippen LogP contribution in [0, 0.1) is 11.3 Å². The quantitative estimate of drug-likeness (QED) is 0.559. The normalized spacial score (nSPS) is 12.1. The molecule has 0 saturated carbocycles. The van der Waals surface area contributed by atoms with Gasteiger partial charge in [0.1, 0.15) is 12.0 Å². The van der Waals surface area contributed by atoms with E-state index in [1.165, 1.54) is 6.33 Å². The number of hydrogen-bond donors (Lipinski definition) is 2. The predicted octanol–water partition coefficient (Wildman–Crippen LogP) is 2.91. The number of nitrogens with one attached hydrogen (secondary N) is 1. The number of anilines is 1. The second-order valence-corrected chi connectivity index (χ2v) is 5.72.